The number of hydrogen-bond donors (Lipinski definition) is 3. The lowest BCUT2D eigenvalue weighted by Crippen LogP contribution is -2.62. The smallest absolute Gasteiger partial charge is 0.165 e. The molecule has 2 aromatic rings. The minimum Gasteiger partial charge on any atom is -0.393 e. The molecule has 1 aromatic carbocycles. The number of hydrogen-bond acceptors (Lipinski definition) is 7. The van der Waals surface area contributed by atoms with Gasteiger partial charge in [-0.25, -0.2) is 9.98 Å². The van der Waals surface area contributed by atoms with Gasteiger partial charge in [-0.1, -0.05) is 43.7 Å². The molecule has 0 bridgehead atoms. The van der Waals surface area contributed by atoms with E-state index in [2.05, 4.69) is 43.1 Å². The molecule has 7 nitrogen and oxygen atoms in total. The monoisotopic (exact) mass is 606 g/mol. The van der Waals surface area contributed by atoms with Crippen LogP contribution in [-0.2, 0) is 11.2 Å². The van der Waals surface area contributed by atoms with Crippen molar-refractivity contribution < 1.29 is 15.0 Å². The number of nitrogens with one attached hydrogen (secondary N) is 1. The summed E-state index contributed by atoms with van der Waals surface area (Å²) >= 11 is 0. The van der Waals surface area contributed by atoms with E-state index in [1.807, 2.05) is 24.3 Å². The third-order valence-corrected chi connectivity index (χ3v) is 12.5. The molecule has 45 heavy (non-hydrogen) atoms. The number of pyridine rings is 1. The third kappa shape index (κ3) is 4.98. The van der Waals surface area contributed by atoms with Crippen LogP contribution in [0.2, 0.25) is 0 Å². The number of ketones is 1. The van der Waals surface area contributed by atoms with Crippen LogP contribution in [0.3, 0.4) is 0 Å². The van der Waals surface area contributed by atoms with Crippen LogP contribution in [0.15, 0.2) is 70.3 Å². The van der Waals surface area contributed by atoms with Crippen LogP contribution >= 0.6 is 0 Å². The number of benzene rings is 1. The Morgan fingerprint density at radius 3 is 2.71 bits per heavy atom. The van der Waals surface area contributed by atoms with Crippen molar-refractivity contribution in [2.45, 2.75) is 96.2 Å². The molecule has 8 unspecified atom stereocenters. The van der Waals surface area contributed by atoms with E-state index in [-0.39, 0.29) is 41.3 Å². The number of para-hydroxylation sites is 1. The highest BCUT2D eigenvalue weighted by Crippen LogP contribution is 2.68. The maximum absolute atomic E-state index is 14.0. The maximum Gasteiger partial charge on any atom is 0.165 e. The minimum atomic E-state index is -1.43. The number of Topliss-reactive ketones (excluding diaryl/α,β-unsaturated/α-hetero) is 1. The van der Waals surface area contributed by atoms with Gasteiger partial charge in [0.2, 0.25) is 0 Å². The number of aliphatic imine (C=N–C) groups is 2. The zero-order valence-corrected chi connectivity index (χ0v) is 26.6. The Kier molecular flexibility index (Phi) is 7.76. The summed E-state index contributed by atoms with van der Waals surface area (Å²) in [5, 5.41) is 32.5. The second-order valence-corrected chi connectivity index (χ2v) is 14.8. The fourth-order valence-corrected chi connectivity index (χ4v) is 10.3. The van der Waals surface area contributed by atoms with Crippen molar-refractivity contribution in [3.63, 3.8) is 0 Å². The summed E-state index contributed by atoms with van der Waals surface area (Å²) in [6.07, 6.45) is 12.8. The molecule has 2 heterocycles. The molecular formula is C38H46N4O3. The minimum absolute atomic E-state index is 0.0206. The number of aromatic nitrogens is 1. The molecule has 0 amide bonds. The van der Waals surface area contributed by atoms with E-state index in [1.165, 1.54) is 17.4 Å². The van der Waals surface area contributed by atoms with E-state index in [0.29, 0.717) is 25.1 Å². The van der Waals surface area contributed by atoms with Gasteiger partial charge >= 0.3 is 0 Å². The Balaban J connectivity index is 1.12. The average molecular weight is 607 g/mol. The lowest BCUT2D eigenvalue weighted by Gasteiger charge is -2.61. The molecule has 5 aliphatic rings. The predicted octanol–water partition coefficient (Wildman–Crippen LogP) is 7.15. The van der Waals surface area contributed by atoms with Gasteiger partial charge in [-0.15, -0.1) is 0 Å². The van der Waals surface area contributed by atoms with E-state index < -0.39 is 17.1 Å². The molecule has 3 fully saturated rings. The van der Waals surface area contributed by atoms with E-state index in [1.54, 1.807) is 6.20 Å². The number of rotatable bonds is 6. The molecule has 8 atom stereocenters. The highest BCUT2D eigenvalue weighted by molar-refractivity contribution is 6.07. The molecule has 0 radical (unpaired) electrons. The second kappa shape index (κ2) is 11.5. The first-order valence-corrected chi connectivity index (χ1v) is 17.0. The number of aliphatic hydroxyl groups is 2. The van der Waals surface area contributed by atoms with Gasteiger partial charge in [-0.3, -0.25) is 9.79 Å². The van der Waals surface area contributed by atoms with Gasteiger partial charge in [-0.05, 0) is 117 Å². The second-order valence-electron chi connectivity index (χ2n) is 14.8. The highest BCUT2D eigenvalue weighted by Gasteiger charge is 2.68. The lowest BCUT2D eigenvalue weighted by atomic mass is 9.44. The Morgan fingerprint density at radius 1 is 1.09 bits per heavy atom. The van der Waals surface area contributed by atoms with Crippen LogP contribution < -0.4 is 0 Å². The van der Waals surface area contributed by atoms with Crippen LogP contribution in [-0.4, -0.2) is 50.3 Å². The van der Waals surface area contributed by atoms with Gasteiger partial charge in [0.25, 0.3) is 0 Å². The van der Waals surface area contributed by atoms with Gasteiger partial charge in [0.05, 0.1) is 17.5 Å². The molecule has 4 aliphatic carbocycles. The number of aryl methyl sites for hydroxylation is 1. The normalized spacial score (nSPS) is 38.1. The van der Waals surface area contributed by atoms with Gasteiger partial charge in [0.1, 0.15) is 5.60 Å². The van der Waals surface area contributed by atoms with Crippen molar-refractivity contribution in [3.05, 3.63) is 65.9 Å². The van der Waals surface area contributed by atoms with Gasteiger partial charge in [0.15, 0.2) is 11.6 Å². The fourth-order valence-electron chi connectivity index (χ4n) is 10.3. The molecule has 0 saturated heterocycles. The molecule has 7 rings (SSSR count). The summed E-state index contributed by atoms with van der Waals surface area (Å²) in [5.41, 5.74) is 3.11. The van der Waals surface area contributed by atoms with E-state index in [9.17, 15) is 15.0 Å². The van der Waals surface area contributed by atoms with Gasteiger partial charge < -0.3 is 15.6 Å². The largest absolute Gasteiger partial charge is 0.393 e. The lowest BCUT2D eigenvalue weighted by molar-refractivity contribution is -0.180. The van der Waals surface area contributed by atoms with Crippen molar-refractivity contribution in [2.24, 2.45) is 44.5 Å². The van der Waals surface area contributed by atoms with Crippen LogP contribution in [0.1, 0.15) is 83.6 Å². The summed E-state index contributed by atoms with van der Waals surface area (Å²) in [7, 11) is 0. The molecule has 3 N–H and O–H groups in total. The SMILES string of the molecule is CC12CC(C=N)C(=Nc3ccccn3)C=C1CCC1C2C(O)CC2(C)C1CCC2(O)C(=O)CCC1=Nc2ccccc2CCC1. The first-order chi connectivity index (χ1) is 21.7. The first kappa shape index (κ1) is 30.4. The van der Waals surface area contributed by atoms with E-state index in [0.717, 1.165) is 62.1 Å². The highest BCUT2D eigenvalue weighted by atomic mass is 16.3. The zero-order valence-electron chi connectivity index (χ0n) is 26.6. The zero-order chi connectivity index (χ0) is 31.4. The Bertz CT molecular complexity index is 1580. The summed E-state index contributed by atoms with van der Waals surface area (Å²) in [4.78, 5) is 28.1. The predicted molar refractivity (Wildman–Crippen MR) is 178 cm³/mol. The van der Waals surface area contributed by atoms with Crippen LogP contribution in [0, 0.1) is 39.9 Å². The summed E-state index contributed by atoms with van der Waals surface area (Å²) in [6, 6.07) is 13.9. The standard InChI is InChI=1S/C38H46N4O3/c1-36-21-25(23-39)31(42-34-12-5-6-19-40-34)20-26(36)13-15-28-29-17-18-38(45,37(29,2)22-32(43)35(28)36)33(44)16-14-27-10-7-9-24-8-3-4-11-30(24)41-27/h3-6,8,11-12,19-20,23,25,28-29,32,35,39,43,45H,7,9-10,13-18,21-22H2,1-2H3. The molecule has 3 saturated carbocycles. The summed E-state index contributed by atoms with van der Waals surface area (Å²) in [5.74, 6) is 0.812. The Labute approximate surface area is 266 Å². The molecular weight excluding hydrogens is 560 g/mol. The van der Waals surface area contributed by atoms with Gasteiger partial charge in [0, 0.05) is 35.9 Å². The van der Waals surface area contributed by atoms with Crippen LogP contribution in [0.25, 0.3) is 0 Å². The number of nitrogens with zero attached hydrogens (tertiary/aromatic N) is 3. The van der Waals surface area contributed by atoms with Crippen molar-refractivity contribution >= 4 is 34.9 Å². The summed E-state index contributed by atoms with van der Waals surface area (Å²) in [6.45, 7) is 4.35. The van der Waals surface area contributed by atoms with E-state index >= 15 is 0 Å². The quantitative estimate of drug-likeness (QED) is 0.303. The Morgan fingerprint density at radius 2 is 1.91 bits per heavy atom. The maximum atomic E-state index is 14.0. The number of carbonyl (C=O) groups is 1. The van der Waals surface area contributed by atoms with Crippen molar-refractivity contribution in [1.29, 1.82) is 5.41 Å². The number of allylic oxidation sites excluding steroid dienone is 2. The van der Waals surface area contributed by atoms with Crippen LogP contribution in [0.5, 0.6) is 0 Å². The molecule has 236 valence electrons. The van der Waals surface area contributed by atoms with Crippen molar-refractivity contribution in [3.8, 4) is 0 Å². The molecule has 7 heteroatoms. The topological polar surface area (TPSA) is 119 Å². The first-order valence-electron chi connectivity index (χ1n) is 17.0. The number of carbonyl (C=O) groups excluding carboxylic acids is 1. The number of fused-ring (bicyclic) bond motifs is 6. The van der Waals surface area contributed by atoms with Crippen LogP contribution in [0.4, 0.5) is 11.5 Å². The summed E-state index contributed by atoms with van der Waals surface area (Å²) < 4.78 is 0. The molecule has 1 aromatic heterocycles. The van der Waals surface area contributed by atoms with E-state index in [4.69, 9.17) is 15.4 Å². The average Bonchev–Trinajstić information content (AvgIpc) is 3.16. The number of aliphatic hydroxyl groups excluding tert-OH is 1. The van der Waals surface area contributed by atoms with Crippen molar-refractivity contribution in [2.75, 3.05) is 0 Å². The fraction of sp³-hybridized carbons (Fsp3) is 0.553. The Hall–Kier alpha value is -3.29. The van der Waals surface area contributed by atoms with Crippen molar-refractivity contribution in [1.82, 2.24) is 4.98 Å². The third-order valence-electron chi connectivity index (χ3n) is 12.5. The molecule has 1 aliphatic heterocycles. The molecule has 0 spiro atoms. The van der Waals surface area contributed by atoms with Gasteiger partial charge in [-0.2, -0.15) is 0 Å².